The Morgan fingerprint density at radius 2 is 2.06 bits per heavy atom. The molecule has 0 aliphatic carbocycles. The van der Waals surface area contributed by atoms with Gasteiger partial charge in [0.1, 0.15) is 5.82 Å². The molecule has 1 heterocycles. The topological polar surface area (TPSA) is 24.9 Å². The predicted molar refractivity (Wildman–Crippen MR) is 65.4 cm³/mol. The fourth-order valence-corrected chi connectivity index (χ4v) is 1.74. The van der Waals surface area contributed by atoms with E-state index >= 15 is 0 Å². The van der Waals surface area contributed by atoms with E-state index in [1.165, 1.54) is 6.20 Å². The largest absolute Gasteiger partial charge is 0.419 e. The number of nitrogens with zero attached hydrogens (tertiary/aromatic N) is 1. The van der Waals surface area contributed by atoms with Gasteiger partial charge in [0.05, 0.1) is 5.56 Å². The highest BCUT2D eigenvalue weighted by Crippen LogP contribution is 2.35. The molecule has 1 N–H and O–H groups in total. The van der Waals surface area contributed by atoms with Gasteiger partial charge in [-0.25, -0.2) is 4.98 Å². The third-order valence-corrected chi connectivity index (χ3v) is 2.71. The molecule has 0 fully saturated rings. The van der Waals surface area contributed by atoms with Crippen molar-refractivity contribution in [2.24, 2.45) is 0 Å². The zero-order valence-electron chi connectivity index (χ0n) is 8.82. The maximum Gasteiger partial charge on any atom is 0.419 e. The molecule has 7 heteroatoms. The molecule has 17 heavy (non-hydrogen) atoms. The Hall–Kier alpha value is -0.490. The van der Waals surface area contributed by atoms with Crippen LogP contribution in [-0.4, -0.2) is 17.4 Å². The van der Waals surface area contributed by atoms with Crippen molar-refractivity contribution in [3.05, 3.63) is 22.3 Å². The predicted octanol–water partition coefficient (Wildman–Crippen LogP) is 4.29. The number of alkyl halides is 4. The number of halogens is 5. The van der Waals surface area contributed by atoms with Crippen molar-refractivity contribution < 1.29 is 13.2 Å². The summed E-state index contributed by atoms with van der Waals surface area (Å²) >= 11 is 8.45. The van der Waals surface area contributed by atoms with Gasteiger partial charge in [0.2, 0.25) is 0 Å². The van der Waals surface area contributed by atoms with Gasteiger partial charge in [-0.15, -0.1) is 11.6 Å². The first-order chi connectivity index (χ1) is 7.95. The Kier molecular flexibility index (Phi) is 5.52. The summed E-state index contributed by atoms with van der Waals surface area (Å²) in [6.07, 6.45) is -1.62. The van der Waals surface area contributed by atoms with Crippen molar-refractivity contribution in [2.45, 2.75) is 19.0 Å². The summed E-state index contributed by atoms with van der Waals surface area (Å²) in [6, 6.07) is 1.01. The van der Waals surface area contributed by atoms with Gasteiger partial charge in [-0.2, -0.15) is 13.2 Å². The van der Waals surface area contributed by atoms with E-state index in [4.69, 9.17) is 11.6 Å². The molecule has 0 saturated carbocycles. The lowest BCUT2D eigenvalue weighted by molar-refractivity contribution is -0.137. The molecule has 1 rings (SSSR count). The lowest BCUT2D eigenvalue weighted by Crippen LogP contribution is -2.13. The van der Waals surface area contributed by atoms with Gasteiger partial charge in [0.15, 0.2) is 0 Å². The molecule has 2 nitrogen and oxygen atoms in total. The maximum atomic E-state index is 12.7. The van der Waals surface area contributed by atoms with Gasteiger partial charge < -0.3 is 5.32 Å². The number of hydrogen-bond acceptors (Lipinski definition) is 2. The van der Waals surface area contributed by atoms with Crippen LogP contribution in [0.4, 0.5) is 19.0 Å². The standard InChI is InChI=1S/C10H11BrClF3N2/c11-7-5-8(10(13,14)15)9(17-6-7)16-4-2-1-3-12/h5-6H,1-4H2,(H,16,17). The van der Waals surface area contributed by atoms with Crippen molar-refractivity contribution in [2.75, 3.05) is 17.7 Å². The van der Waals surface area contributed by atoms with Gasteiger partial charge in [0, 0.05) is 23.1 Å². The molecule has 0 spiro atoms. The molecule has 0 aliphatic heterocycles. The van der Waals surface area contributed by atoms with E-state index < -0.39 is 11.7 Å². The van der Waals surface area contributed by atoms with Crippen LogP contribution in [0, 0.1) is 0 Å². The Bertz CT molecular complexity index is 371. The fraction of sp³-hybridized carbons (Fsp3) is 0.500. The number of anilines is 1. The first-order valence-electron chi connectivity index (χ1n) is 4.97. The Balaban J connectivity index is 2.77. The molecule has 0 saturated heterocycles. The van der Waals surface area contributed by atoms with Crippen LogP contribution in [0.15, 0.2) is 16.7 Å². The van der Waals surface area contributed by atoms with Crippen LogP contribution >= 0.6 is 27.5 Å². The first kappa shape index (κ1) is 14.6. The third-order valence-electron chi connectivity index (χ3n) is 2.01. The van der Waals surface area contributed by atoms with Crippen molar-refractivity contribution in [3.63, 3.8) is 0 Å². The quantitative estimate of drug-likeness (QED) is 0.643. The van der Waals surface area contributed by atoms with E-state index in [1.54, 1.807) is 0 Å². The Morgan fingerprint density at radius 3 is 2.65 bits per heavy atom. The van der Waals surface area contributed by atoms with Crippen LogP contribution in [-0.2, 0) is 6.18 Å². The summed E-state index contributed by atoms with van der Waals surface area (Å²) < 4.78 is 38.3. The molecule has 0 aromatic carbocycles. The second-order valence-electron chi connectivity index (χ2n) is 3.37. The molecule has 0 bridgehead atoms. The zero-order valence-corrected chi connectivity index (χ0v) is 11.2. The smallest absolute Gasteiger partial charge is 0.370 e. The lowest BCUT2D eigenvalue weighted by atomic mass is 10.2. The second kappa shape index (κ2) is 6.44. The van der Waals surface area contributed by atoms with Crippen LogP contribution in [0.2, 0.25) is 0 Å². The van der Waals surface area contributed by atoms with Crippen LogP contribution in [0.25, 0.3) is 0 Å². The summed E-state index contributed by atoms with van der Waals surface area (Å²) in [5, 5.41) is 2.67. The maximum absolute atomic E-state index is 12.7. The molecule has 0 radical (unpaired) electrons. The van der Waals surface area contributed by atoms with E-state index in [9.17, 15) is 13.2 Å². The van der Waals surface area contributed by atoms with Gasteiger partial charge in [-0.05, 0) is 34.8 Å². The van der Waals surface area contributed by atoms with E-state index in [0.29, 0.717) is 23.3 Å². The van der Waals surface area contributed by atoms with Crippen molar-refractivity contribution >= 4 is 33.3 Å². The number of aromatic nitrogens is 1. The van der Waals surface area contributed by atoms with E-state index in [-0.39, 0.29) is 5.82 Å². The summed E-state index contributed by atoms with van der Waals surface area (Å²) in [5.74, 6) is 0.358. The van der Waals surface area contributed by atoms with Gasteiger partial charge >= 0.3 is 6.18 Å². The van der Waals surface area contributed by atoms with Crippen LogP contribution in [0.1, 0.15) is 18.4 Å². The van der Waals surface area contributed by atoms with Gasteiger partial charge in [-0.1, -0.05) is 0 Å². The lowest BCUT2D eigenvalue weighted by Gasteiger charge is -2.13. The number of rotatable bonds is 5. The minimum atomic E-state index is -4.41. The highest BCUT2D eigenvalue weighted by Gasteiger charge is 2.34. The zero-order chi connectivity index (χ0) is 12.9. The number of unbranched alkanes of at least 4 members (excludes halogenated alkanes) is 1. The monoisotopic (exact) mass is 330 g/mol. The van der Waals surface area contributed by atoms with Crippen LogP contribution in [0.5, 0.6) is 0 Å². The SMILES string of the molecule is FC(F)(F)c1cc(Br)cnc1NCCCCCl. The van der Waals surface area contributed by atoms with Crippen LogP contribution < -0.4 is 5.32 Å². The van der Waals surface area contributed by atoms with E-state index in [2.05, 4.69) is 26.2 Å². The Labute approximate surface area is 111 Å². The highest BCUT2D eigenvalue weighted by atomic mass is 79.9. The minimum Gasteiger partial charge on any atom is -0.370 e. The van der Waals surface area contributed by atoms with Crippen molar-refractivity contribution in [1.29, 1.82) is 0 Å². The average molecular weight is 332 g/mol. The first-order valence-corrected chi connectivity index (χ1v) is 6.30. The van der Waals surface area contributed by atoms with E-state index in [1.807, 2.05) is 0 Å². The van der Waals surface area contributed by atoms with Gasteiger partial charge in [0.25, 0.3) is 0 Å². The molecule has 0 atom stereocenters. The number of nitrogens with one attached hydrogen (secondary N) is 1. The summed E-state index contributed by atoms with van der Waals surface area (Å²) in [5.41, 5.74) is -0.766. The van der Waals surface area contributed by atoms with Crippen molar-refractivity contribution in [3.8, 4) is 0 Å². The molecule has 0 unspecified atom stereocenters. The number of hydrogen-bond donors (Lipinski definition) is 1. The molecule has 1 aromatic heterocycles. The fourth-order valence-electron chi connectivity index (χ4n) is 1.22. The molecule has 0 aliphatic rings. The Morgan fingerprint density at radius 1 is 1.35 bits per heavy atom. The second-order valence-corrected chi connectivity index (χ2v) is 4.66. The molecule has 0 amide bonds. The van der Waals surface area contributed by atoms with Crippen molar-refractivity contribution in [1.82, 2.24) is 4.98 Å². The molecular weight excluding hydrogens is 320 g/mol. The molecule has 1 aromatic rings. The summed E-state index contributed by atoms with van der Waals surface area (Å²) in [6.45, 7) is 0.421. The highest BCUT2D eigenvalue weighted by molar-refractivity contribution is 9.10. The summed E-state index contributed by atoms with van der Waals surface area (Å²) in [7, 11) is 0. The van der Waals surface area contributed by atoms with Gasteiger partial charge in [-0.3, -0.25) is 0 Å². The normalized spacial score (nSPS) is 11.6. The number of pyridine rings is 1. The minimum absolute atomic E-state index is 0.143. The molecular formula is C10H11BrClF3N2. The summed E-state index contributed by atoms with van der Waals surface area (Å²) in [4.78, 5) is 3.73. The van der Waals surface area contributed by atoms with Crippen LogP contribution in [0.3, 0.4) is 0 Å². The molecule has 96 valence electrons. The average Bonchev–Trinajstić information content (AvgIpc) is 2.25. The van der Waals surface area contributed by atoms with E-state index in [0.717, 1.165) is 12.5 Å². The third kappa shape index (κ3) is 4.71.